The van der Waals surface area contributed by atoms with E-state index in [1.165, 1.54) is 6.08 Å². The fourth-order valence-electron chi connectivity index (χ4n) is 0.266. The first-order chi connectivity index (χ1) is 3.72. The summed E-state index contributed by atoms with van der Waals surface area (Å²) in [5.41, 5.74) is 0.750. The van der Waals surface area contributed by atoms with Gasteiger partial charge in [-0.15, -0.1) is 0 Å². The van der Waals surface area contributed by atoms with Crippen LogP contribution in [0.25, 0.3) is 0 Å². The van der Waals surface area contributed by atoms with E-state index in [1.807, 2.05) is 0 Å². The first-order valence-corrected chi connectivity index (χ1v) is 2.37. The molecule has 0 saturated heterocycles. The number of rotatable bonds is 2. The van der Waals surface area contributed by atoms with E-state index in [0.717, 1.165) is 5.57 Å². The van der Waals surface area contributed by atoms with Gasteiger partial charge in [0.1, 0.15) is 5.76 Å². The molecule has 1 N–H and O–H groups in total. The van der Waals surface area contributed by atoms with Gasteiger partial charge in [-0.1, -0.05) is 19.2 Å². The number of hydrogen-bond acceptors (Lipinski definition) is 1. The molecule has 1 heteroatoms. The van der Waals surface area contributed by atoms with E-state index in [9.17, 15) is 0 Å². The molecule has 0 bridgehead atoms. The van der Waals surface area contributed by atoms with Gasteiger partial charge in [-0.2, -0.15) is 0 Å². The van der Waals surface area contributed by atoms with Gasteiger partial charge in [0.2, 0.25) is 0 Å². The van der Waals surface area contributed by atoms with Gasteiger partial charge in [0.05, 0.1) is 0 Å². The molecule has 0 rings (SSSR count). The van der Waals surface area contributed by atoms with E-state index < -0.39 is 0 Å². The summed E-state index contributed by atoms with van der Waals surface area (Å²) in [5.74, 6) is 0.194. The quantitative estimate of drug-likeness (QED) is 0.426. The minimum Gasteiger partial charge on any atom is -0.508 e. The smallest absolute Gasteiger partial charge is 0.117 e. The van der Waals surface area contributed by atoms with Gasteiger partial charge in [-0.3, -0.25) is 0 Å². The Kier molecular flexibility index (Phi) is 2.70. The molecular weight excluding hydrogens is 100 g/mol. The van der Waals surface area contributed by atoms with Crippen molar-refractivity contribution in [1.29, 1.82) is 0 Å². The average molecular weight is 110 g/mol. The molecule has 8 heavy (non-hydrogen) atoms. The van der Waals surface area contributed by atoms with Gasteiger partial charge in [0.25, 0.3) is 0 Å². The molecule has 0 amide bonds. The molecule has 0 atom stereocenters. The van der Waals surface area contributed by atoms with Gasteiger partial charge in [-0.25, -0.2) is 0 Å². The number of hydrogen-bond donors (Lipinski definition) is 1. The number of aliphatic hydroxyl groups is 1. The van der Waals surface area contributed by atoms with Crippen molar-refractivity contribution in [2.75, 3.05) is 0 Å². The van der Waals surface area contributed by atoms with Gasteiger partial charge < -0.3 is 5.11 Å². The molecule has 0 aromatic carbocycles. The van der Waals surface area contributed by atoms with Gasteiger partial charge in [0, 0.05) is 0 Å². The van der Waals surface area contributed by atoms with E-state index in [-0.39, 0.29) is 5.76 Å². The van der Waals surface area contributed by atoms with Gasteiger partial charge >= 0.3 is 0 Å². The van der Waals surface area contributed by atoms with Crippen molar-refractivity contribution in [2.24, 2.45) is 0 Å². The average Bonchev–Trinajstić information content (AvgIpc) is 1.84. The largest absolute Gasteiger partial charge is 0.508 e. The predicted octanol–water partition coefficient (Wildman–Crippen LogP) is 2.19. The van der Waals surface area contributed by atoms with Crippen molar-refractivity contribution in [3.63, 3.8) is 0 Å². The maximum absolute atomic E-state index is 8.82. The molecule has 0 unspecified atom stereocenters. The van der Waals surface area contributed by atoms with Crippen molar-refractivity contribution in [2.45, 2.75) is 6.92 Å². The van der Waals surface area contributed by atoms with E-state index in [4.69, 9.17) is 5.11 Å². The number of allylic oxidation sites excluding steroid dienone is 3. The fourth-order valence-corrected chi connectivity index (χ4v) is 0.266. The molecule has 0 aliphatic carbocycles. The lowest BCUT2D eigenvalue weighted by atomic mass is 10.2. The van der Waals surface area contributed by atoms with Crippen LogP contribution in [-0.2, 0) is 0 Å². The Hall–Kier alpha value is -0.980. The van der Waals surface area contributed by atoms with E-state index >= 15 is 0 Å². The maximum atomic E-state index is 8.82. The highest BCUT2D eigenvalue weighted by molar-refractivity contribution is 5.23. The molecule has 0 aliphatic heterocycles. The zero-order chi connectivity index (χ0) is 6.57. The van der Waals surface area contributed by atoms with Crippen molar-refractivity contribution >= 4 is 0 Å². The Morgan fingerprint density at radius 2 is 1.88 bits per heavy atom. The Balaban J connectivity index is 4.25. The molecule has 0 aliphatic rings. The molecule has 0 radical (unpaired) electrons. The zero-order valence-electron chi connectivity index (χ0n) is 5.02. The maximum Gasteiger partial charge on any atom is 0.117 e. The lowest BCUT2D eigenvalue weighted by Crippen LogP contribution is -1.76. The Labute approximate surface area is 49.7 Å². The van der Waals surface area contributed by atoms with Crippen LogP contribution in [0.3, 0.4) is 0 Å². The highest BCUT2D eigenvalue weighted by atomic mass is 16.3. The molecule has 0 saturated carbocycles. The minimum atomic E-state index is 0.194. The summed E-state index contributed by atoms with van der Waals surface area (Å²) in [7, 11) is 0. The molecule has 1 nitrogen and oxygen atoms in total. The highest BCUT2D eigenvalue weighted by Crippen LogP contribution is 2.00. The summed E-state index contributed by atoms with van der Waals surface area (Å²) in [5, 5.41) is 8.82. The number of aliphatic hydroxyl groups excluding tert-OH is 1. The highest BCUT2D eigenvalue weighted by Gasteiger charge is 1.85. The van der Waals surface area contributed by atoms with Crippen molar-refractivity contribution in [3.05, 3.63) is 36.6 Å². The molecule has 44 valence electrons. The topological polar surface area (TPSA) is 20.2 Å². The van der Waals surface area contributed by atoms with Crippen molar-refractivity contribution in [1.82, 2.24) is 0 Å². The molecular formula is C7H10O. The third-order valence-electron chi connectivity index (χ3n) is 0.904. The fraction of sp³-hybridized carbons (Fsp3) is 0.143. The molecule has 0 heterocycles. The third-order valence-corrected chi connectivity index (χ3v) is 0.904. The van der Waals surface area contributed by atoms with Crippen LogP contribution in [-0.4, -0.2) is 5.11 Å². The van der Waals surface area contributed by atoms with Gasteiger partial charge in [-0.05, 0) is 18.6 Å². The zero-order valence-corrected chi connectivity index (χ0v) is 5.02. The summed E-state index contributed by atoms with van der Waals surface area (Å²) in [6, 6.07) is 0. The van der Waals surface area contributed by atoms with Crippen LogP contribution in [0.5, 0.6) is 0 Å². The summed E-state index contributed by atoms with van der Waals surface area (Å²) in [6.45, 7) is 8.61. The SMILES string of the molecule is C=C/C(C)=C(/O)C=C. The first-order valence-electron chi connectivity index (χ1n) is 2.37. The van der Waals surface area contributed by atoms with Crippen LogP contribution in [0.15, 0.2) is 36.6 Å². The summed E-state index contributed by atoms with van der Waals surface area (Å²) < 4.78 is 0. The molecule has 0 aromatic heterocycles. The van der Waals surface area contributed by atoms with Crippen LogP contribution in [0, 0.1) is 0 Å². The Morgan fingerprint density at radius 3 is 2.00 bits per heavy atom. The summed E-state index contributed by atoms with van der Waals surface area (Å²) in [4.78, 5) is 0. The molecule has 0 fully saturated rings. The second kappa shape index (κ2) is 3.08. The van der Waals surface area contributed by atoms with Crippen molar-refractivity contribution in [3.8, 4) is 0 Å². The van der Waals surface area contributed by atoms with Crippen LogP contribution >= 0.6 is 0 Å². The van der Waals surface area contributed by atoms with Crippen molar-refractivity contribution < 1.29 is 5.11 Å². The van der Waals surface area contributed by atoms with E-state index in [0.29, 0.717) is 0 Å². The normalized spacial score (nSPS) is 12.1. The predicted molar refractivity (Wildman–Crippen MR) is 35.7 cm³/mol. The lowest BCUT2D eigenvalue weighted by molar-refractivity contribution is 0.428. The summed E-state index contributed by atoms with van der Waals surface area (Å²) >= 11 is 0. The Morgan fingerprint density at radius 1 is 1.38 bits per heavy atom. The van der Waals surface area contributed by atoms with Crippen LogP contribution < -0.4 is 0 Å². The van der Waals surface area contributed by atoms with Crippen LogP contribution in [0.1, 0.15) is 6.92 Å². The lowest BCUT2D eigenvalue weighted by Gasteiger charge is -1.91. The third kappa shape index (κ3) is 1.65. The monoisotopic (exact) mass is 110 g/mol. The molecule has 0 spiro atoms. The minimum absolute atomic E-state index is 0.194. The van der Waals surface area contributed by atoms with Crippen LogP contribution in [0.2, 0.25) is 0 Å². The summed E-state index contributed by atoms with van der Waals surface area (Å²) in [6.07, 6.45) is 2.97. The second-order valence-electron chi connectivity index (χ2n) is 1.48. The standard InChI is InChI=1S/C7H10O/c1-4-6(3)7(8)5-2/h4-5,8H,1-2H2,3H3/b7-6+. The second-order valence-corrected chi connectivity index (χ2v) is 1.48. The Bertz CT molecular complexity index is 115. The molecule has 0 aromatic rings. The van der Waals surface area contributed by atoms with Gasteiger partial charge in [0.15, 0.2) is 0 Å². The van der Waals surface area contributed by atoms with Crippen LogP contribution in [0.4, 0.5) is 0 Å². The first kappa shape index (κ1) is 7.02. The van der Waals surface area contributed by atoms with E-state index in [2.05, 4.69) is 13.2 Å². The van der Waals surface area contributed by atoms with E-state index in [1.54, 1.807) is 13.0 Å².